The summed E-state index contributed by atoms with van der Waals surface area (Å²) in [4.78, 5) is 24.5. The normalized spacial score (nSPS) is 10.6. The molecule has 0 aliphatic rings. The molecule has 0 radical (unpaired) electrons. The van der Waals surface area contributed by atoms with Crippen molar-refractivity contribution in [3.8, 4) is 11.8 Å². The second-order valence-electron chi connectivity index (χ2n) is 5.38. The Hall–Kier alpha value is -3.50. The van der Waals surface area contributed by atoms with E-state index in [9.17, 15) is 14.9 Å². The van der Waals surface area contributed by atoms with Crippen molar-refractivity contribution < 1.29 is 19.1 Å². The van der Waals surface area contributed by atoms with Crippen molar-refractivity contribution in [1.82, 2.24) is 0 Å². The molecular weight excluding hydrogens is 382 g/mol. The number of ether oxygens (including phenoxy) is 2. The Labute approximate surface area is 167 Å². The molecule has 0 aromatic heterocycles. The summed E-state index contributed by atoms with van der Waals surface area (Å²) in [6.07, 6.45) is 1.23. The van der Waals surface area contributed by atoms with Crippen molar-refractivity contribution in [1.29, 1.82) is 5.26 Å². The van der Waals surface area contributed by atoms with Gasteiger partial charge in [-0.3, -0.25) is 4.79 Å². The molecule has 0 fully saturated rings. The average Bonchev–Trinajstić information content (AvgIpc) is 2.69. The van der Waals surface area contributed by atoms with E-state index in [-0.39, 0.29) is 23.4 Å². The molecule has 0 heterocycles. The van der Waals surface area contributed by atoms with Crippen molar-refractivity contribution in [2.24, 2.45) is 0 Å². The Morgan fingerprint density at radius 1 is 1.21 bits per heavy atom. The fourth-order valence-corrected chi connectivity index (χ4v) is 2.43. The minimum absolute atomic E-state index is 0.194. The maximum absolute atomic E-state index is 12.5. The van der Waals surface area contributed by atoms with Crippen LogP contribution < -0.4 is 15.4 Å². The molecule has 2 aromatic carbocycles. The number of carbonyl (C=O) groups is 2. The molecule has 0 saturated heterocycles. The number of para-hydroxylation sites is 1. The number of rotatable bonds is 7. The number of amides is 1. The lowest BCUT2D eigenvalue weighted by Gasteiger charge is -2.11. The number of nitrogens with zero attached hydrogens (tertiary/aromatic N) is 1. The number of benzene rings is 2. The van der Waals surface area contributed by atoms with Gasteiger partial charge in [0.25, 0.3) is 5.91 Å². The molecular formula is C20H18ClN3O4. The van der Waals surface area contributed by atoms with Crippen LogP contribution >= 0.6 is 11.6 Å². The van der Waals surface area contributed by atoms with Crippen LogP contribution in [0.15, 0.2) is 54.2 Å². The van der Waals surface area contributed by atoms with Gasteiger partial charge in [0.05, 0.1) is 30.7 Å². The van der Waals surface area contributed by atoms with Crippen molar-refractivity contribution in [3.63, 3.8) is 0 Å². The summed E-state index contributed by atoms with van der Waals surface area (Å²) >= 11 is 5.96. The van der Waals surface area contributed by atoms with E-state index in [1.54, 1.807) is 43.3 Å². The van der Waals surface area contributed by atoms with Crippen LogP contribution in [-0.2, 0) is 9.53 Å². The van der Waals surface area contributed by atoms with Crippen LogP contribution in [0.5, 0.6) is 5.75 Å². The van der Waals surface area contributed by atoms with Gasteiger partial charge >= 0.3 is 5.97 Å². The van der Waals surface area contributed by atoms with E-state index >= 15 is 0 Å². The minimum atomic E-state index is -0.687. The number of hydrogen-bond acceptors (Lipinski definition) is 6. The molecule has 0 saturated carbocycles. The maximum atomic E-state index is 12.5. The lowest BCUT2D eigenvalue weighted by atomic mass is 10.1. The van der Waals surface area contributed by atoms with E-state index in [0.29, 0.717) is 16.5 Å². The Bertz CT molecular complexity index is 951. The molecule has 0 bridgehead atoms. The Morgan fingerprint density at radius 3 is 2.64 bits per heavy atom. The fraction of sp³-hybridized carbons (Fsp3) is 0.150. The molecule has 2 aromatic rings. The summed E-state index contributed by atoms with van der Waals surface area (Å²) in [7, 11) is 1.49. The molecule has 0 aliphatic carbocycles. The number of carbonyl (C=O) groups excluding carboxylic acids is 2. The van der Waals surface area contributed by atoms with Gasteiger partial charge in [-0.1, -0.05) is 23.7 Å². The third kappa shape index (κ3) is 5.25. The van der Waals surface area contributed by atoms with Crippen molar-refractivity contribution >= 4 is 34.9 Å². The van der Waals surface area contributed by atoms with Crippen molar-refractivity contribution in [2.75, 3.05) is 24.4 Å². The van der Waals surface area contributed by atoms with Crippen LogP contribution in [0.2, 0.25) is 5.02 Å². The average molecular weight is 400 g/mol. The van der Waals surface area contributed by atoms with E-state index < -0.39 is 11.9 Å². The third-order valence-electron chi connectivity index (χ3n) is 3.57. The number of halogens is 1. The topological polar surface area (TPSA) is 100 Å². The van der Waals surface area contributed by atoms with E-state index in [1.165, 1.54) is 19.4 Å². The summed E-state index contributed by atoms with van der Waals surface area (Å²) in [5, 5.41) is 15.2. The van der Waals surface area contributed by atoms with E-state index in [1.807, 2.05) is 6.07 Å². The van der Waals surface area contributed by atoms with Gasteiger partial charge in [0.15, 0.2) is 0 Å². The van der Waals surface area contributed by atoms with Gasteiger partial charge in [-0.05, 0) is 37.3 Å². The third-order valence-corrected chi connectivity index (χ3v) is 3.80. The predicted molar refractivity (Wildman–Crippen MR) is 106 cm³/mol. The molecule has 144 valence electrons. The highest BCUT2D eigenvalue weighted by Gasteiger charge is 2.16. The van der Waals surface area contributed by atoms with Gasteiger partial charge in [-0.25, -0.2) is 4.79 Å². The fourth-order valence-electron chi connectivity index (χ4n) is 2.26. The van der Waals surface area contributed by atoms with Gasteiger partial charge in [-0.15, -0.1) is 0 Å². The summed E-state index contributed by atoms with van der Waals surface area (Å²) in [5.41, 5.74) is 0.718. The van der Waals surface area contributed by atoms with E-state index in [2.05, 4.69) is 10.6 Å². The summed E-state index contributed by atoms with van der Waals surface area (Å²) in [5.74, 6) is -0.763. The van der Waals surface area contributed by atoms with Crippen molar-refractivity contribution in [2.45, 2.75) is 6.92 Å². The molecule has 0 aliphatic heterocycles. The monoisotopic (exact) mass is 399 g/mol. The number of hydrogen-bond donors (Lipinski definition) is 2. The van der Waals surface area contributed by atoms with E-state index in [4.69, 9.17) is 21.1 Å². The zero-order chi connectivity index (χ0) is 20.5. The lowest BCUT2D eigenvalue weighted by Crippen LogP contribution is -2.17. The first kappa shape index (κ1) is 20.8. The first-order chi connectivity index (χ1) is 13.5. The number of nitrogens with one attached hydrogen (secondary N) is 2. The van der Waals surface area contributed by atoms with Gasteiger partial charge in [0, 0.05) is 11.2 Å². The zero-order valence-electron chi connectivity index (χ0n) is 15.3. The van der Waals surface area contributed by atoms with Gasteiger partial charge < -0.3 is 20.1 Å². The number of methoxy groups -OCH3 is 1. The maximum Gasteiger partial charge on any atom is 0.340 e. The molecule has 2 rings (SSSR count). The lowest BCUT2D eigenvalue weighted by molar-refractivity contribution is -0.112. The minimum Gasteiger partial charge on any atom is -0.495 e. The van der Waals surface area contributed by atoms with Crippen LogP contribution in [-0.4, -0.2) is 25.6 Å². The largest absolute Gasteiger partial charge is 0.495 e. The molecule has 7 nitrogen and oxygen atoms in total. The molecule has 8 heteroatoms. The van der Waals surface area contributed by atoms with Crippen LogP contribution in [0.4, 0.5) is 11.4 Å². The Morgan fingerprint density at radius 2 is 1.96 bits per heavy atom. The van der Waals surface area contributed by atoms with Crippen LogP contribution in [0.25, 0.3) is 0 Å². The van der Waals surface area contributed by atoms with Crippen molar-refractivity contribution in [3.05, 3.63) is 64.8 Å². The molecule has 0 spiro atoms. The standard InChI is InChI=1S/C20H18ClN3O4/c1-3-28-20(26)15-6-4-5-7-16(15)24-19(25)13(11-22)12-23-17-10-14(21)8-9-18(17)27-2/h4-10,12,23H,3H2,1-2H3,(H,24,25)/b13-12-. The highest BCUT2D eigenvalue weighted by Crippen LogP contribution is 2.27. The Balaban J connectivity index is 2.21. The first-order valence-electron chi connectivity index (χ1n) is 8.28. The first-order valence-corrected chi connectivity index (χ1v) is 8.65. The number of nitriles is 1. The molecule has 0 unspecified atom stereocenters. The van der Waals surface area contributed by atoms with E-state index in [0.717, 1.165) is 0 Å². The van der Waals surface area contributed by atoms with Crippen LogP contribution in [0.3, 0.4) is 0 Å². The molecule has 2 N–H and O–H groups in total. The SMILES string of the molecule is CCOC(=O)c1ccccc1NC(=O)/C(C#N)=C\Nc1cc(Cl)ccc1OC. The molecule has 28 heavy (non-hydrogen) atoms. The summed E-state index contributed by atoms with van der Waals surface area (Å²) in [6.45, 7) is 1.89. The van der Waals surface area contributed by atoms with Gasteiger partial charge in [-0.2, -0.15) is 5.26 Å². The molecule has 0 atom stereocenters. The predicted octanol–water partition coefficient (Wildman–Crippen LogP) is 3.98. The van der Waals surface area contributed by atoms with Gasteiger partial charge in [0.1, 0.15) is 17.4 Å². The number of esters is 1. The smallest absolute Gasteiger partial charge is 0.340 e. The second-order valence-corrected chi connectivity index (χ2v) is 5.82. The highest BCUT2D eigenvalue weighted by atomic mass is 35.5. The summed E-state index contributed by atoms with van der Waals surface area (Å²) in [6, 6.07) is 13.1. The van der Waals surface area contributed by atoms with Crippen LogP contribution in [0.1, 0.15) is 17.3 Å². The number of anilines is 2. The second kappa shape index (κ2) is 10.00. The zero-order valence-corrected chi connectivity index (χ0v) is 16.0. The Kier molecular flexibility index (Phi) is 7.43. The quantitative estimate of drug-likeness (QED) is 0.415. The highest BCUT2D eigenvalue weighted by molar-refractivity contribution is 6.31. The molecule has 1 amide bonds. The summed E-state index contributed by atoms with van der Waals surface area (Å²) < 4.78 is 10.2. The van der Waals surface area contributed by atoms with Gasteiger partial charge in [0.2, 0.25) is 0 Å². The van der Waals surface area contributed by atoms with Crippen LogP contribution in [0, 0.1) is 11.3 Å².